The molecule has 0 amide bonds. The molecular weight excluding hydrogens is 455 g/mol. The van der Waals surface area contributed by atoms with E-state index in [-0.39, 0.29) is 5.43 Å². The summed E-state index contributed by atoms with van der Waals surface area (Å²) in [6.07, 6.45) is 3.02. The van der Waals surface area contributed by atoms with Crippen LogP contribution in [0.5, 0.6) is 0 Å². The van der Waals surface area contributed by atoms with Crippen molar-refractivity contribution >= 4 is 43.1 Å². The zero-order valence-electron chi connectivity index (χ0n) is 18.4. The molecule has 0 spiro atoms. The Balaban J connectivity index is 1.90. The Hall–Kier alpha value is -4.03. The summed E-state index contributed by atoms with van der Waals surface area (Å²) in [5, 5.41) is 11.1. The molecule has 170 valence electrons. The molecule has 0 aliphatic heterocycles. The summed E-state index contributed by atoms with van der Waals surface area (Å²) in [4.78, 5) is 20.3. The van der Waals surface area contributed by atoms with Gasteiger partial charge in [0, 0.05) is 40.8 Å². The first kappa shape index (κ1) is 21.8. The van der Waals surface area contributed by atoms with E-state index in [1.807, 2.05) is 30.5 Å². The molecule has 5 aromatic rings. The number of halogens is 1. The summed E-state index contributed by atoms with van der Waals surface area (Å²) in [6.45, 7) is 4.44. The van der Waals surface area contributed by atoms with Crippen LogP contribution in [0.4, 0.5) is 3.89 Å². The van der Waals surface area contributed by atoms with E-state index in [0.29, 0.717) is 57.1 Å². The van der Waals surface area contributed by atoms with Crippen molar-refractivity contribution in [2.45, 2.75) is 31.7 Å². The van der Waals surface area contributed by atoms with Crippen LogP contribution in [0.3, 0.4) is 0 Å². The Labute approximate surface area is 194 Å². The first-order chi connectivity index (χ1) is 16.3. The van der Waals surface area contributed by atoms with E-state index in [0.717, 1.165) is 17.1 Å². The van der Waals surface area contributed by atoms with Crippen LogP contribution in [0.2, 0.25) is 0 Å². The van der Waals surface area contributed by atoms with Gasteiger partial charge in [-0.1, -0.05) is 13.0 Å². The van der Waals surface area contributed by atoms with Crippen LogP contribution in [0.15, 0.2) is 58.5 Å². The smallest absolute Gasteiger partial charge is 0.333 e. The maximum Gasteiger partial charge on any atom is 0.333 e. The molecule has 3 aromatic heterocycles. The lowest BCUT2D eigenvalue weighted by Gasteiger charge is -2.15. The summed E-state index contributed by atoms with van der Waals surface area (Å²) in [5.74, 6) is 0. The van der Waals surface area contributed by atoms with Crippen LogP contribution in [0.25, 0.3) is 44.0 Å². The van der Waals surface area contributed by atoms with Crippen molar-refractivity contribution < 1.29 is 12.3 Å². The van der Waals surface area contributed by atoms with E-state index in [9.17, 15) is 22.4 Å². The van der Waals surface area contributed by atoms with Crippen molar-refractivity contribution in [1.82, 2.24) is 14.5 Å². The minimum atomic E-state index is -4.91. The highest BCUT2D eigenvalue weighted by Gasteiger charge is 2.19. The van der Waals surface area contributed by atoms with Crippen LogP contribution in [0.1, 0.15) is 25.0 Å². The van der Waals surface area contributed by atoms with Gasteiger partial charge < -0.3 is 9.55 Å². The van der Waals surface area contributed by atoms with E-state index in [4.69, 9.17) is 0 Å². The maximum atomic E-state index is 13.6. The number of aromatic nitrogens is 3. The van der Waals surface area contributed by atoms with Crippen molar-refractivity contribution in [2.24, 2.45) is 0 Å². The quantitative estimate of drug-likeness (QED) is 0.376. The summed E-state index contributed by atoms with van der Waals surface area (Å²) in [5.41, 5.74) is 4.29. The number of H-pyrrole nitrogens is 1. The van der Waals surface area contributed by atoms with Gasteiger partial charge in [-0.25, -0.2) is 0 Å². The summed E-state index contributed by atoms with van der Waals surface area (Å²) < 4.78 is 38.5. The maximum absolute atomic E-state index is 13.6. The van der Waals surface area contributed by atoms with E-state index in [1.54, 1.807) is 18.2 Å². The average Bonchev–Trinajstić information content (AvgIpc) is 3.21. The number of pyridine rings is 2. The Kier molecular flexibility index (Phi) is 4.99. The fraction of sp³-hybridized carbons (Fsp3) is 0.160. The molecule has 0 aliphatic rings. The average molecular weight is 475 g/mol. The van der Waals surface area contributed by atoms with Crippen molar-refractivity contribution in [2.75, 3.05) is 0 Å². The number of nitrogens with zero attached hydrogens (tertiary/aromatic N) is 3. The predicted molar refractivity (Wildman–Crippen MR) is 129 cm³/mol. The summed E-state index contributed by atoms with van der Waals surface area (Å²) >= 11 is 0. The van der Waals surface area contributed by atoms with Crippen molar-refractivity contribution in [3.8, 4) is 17.2 Å². The minimum absolute atomic E-state index is 0.134. The predicted octanol–water partition coefficient (Wildman–Crippen LogP) is 4.81. The lowest BCUT2D eigenvalue weighted by atomic mass is 9.96. The molecular formula is C25H19FN4O3S. The summed E-state index contributed by atoms with van der Waals surface area (Å²) in [7, 11) is -4.91. The van der Waals surface area contributed by atoms with Crippen LogP contribution < -0.4 is 5.43 Å². The normalized spacial score (nSPS) is 11.9. The molecule has 9 heteroatoms. The molecule has 0 saturated carbocycles. The second-order valence-electron chi connectivity index (χ2n) is 8.02. The van der Waals surface area contributed by atoms with Crippen LogP contribution >= 0.6 is 0 Å². The highest BCUT2D eigenvalue weighted by atomic mass is 32.3. The molecule has 0 saturated heterocycles. The van der Waals surface area contributed by atoms with Gasteiger partial charge in [-0.05, 0) is 54.8 Å². The SMILES string of the molecule is CCc1cc2c(=O)c3c4ccc(C#N)cc4[nH]c3n(CC)c2cc1-c1cncc(S(=O)(=O)F)c1. The van der Waals surface area contributed by atoms with Gasteiger partial charge >= 0.3 is 10.2 Å². The zero-order valence-corrected chi connectivity index (χ0v) is 19.2. The van der Waals surface area contributed by atoms with Crippen molar-refractivity contribution in [3.63, 3.8) is 0 Å². The topological polar surface area (TPSA) is 109 Å². The number of nitriles is 1. The molecule has 0 radical (unpaired) electrons. The fourth-order valence-corrected chi connectivity index (χ4v) is 5.02. The van der Waals surface area contributed by atoms with Gasteiger partial charge in [-0.2, -0.15) is 13.7 Å². The van der Waals surface area contributed by atoms with Gasteiger partial charge in [0.2, 0.25) is 0 Å². The molecule has 5 rings (SSSR count). The number of hydrogen-bond acceptors (Lipinski definition) is 5. The molecule has 0 unspecified atom stereocenters. The summed E-state index contributed by atoms with van der Waals surface area (Å²) in [6, 6.07) is 12.2. The molecule has 0 aliphatic carbocycles. The van der Waals surface area contributed by atoms with Gasteiger partial charge in [0.25, 0.3) is 0 Å². The second-order valence-corrected chi connectivity index (χ2v) is 9.37. The molecule has 0 fully saturated rings. The lowest BCUT2D eigenvalue weighted by Crippen LogP contribution is -2.11. The monoisotopic (exact) mass is 474 g/mol. The largest absolute Gasteiger partial charge is 0.340 e. The van der Waals surface area contributed by atoms with Gasteiger partial charge in [-0.3, -0.25) is 9.78 Å². The number of hydrogen-bond donors (Lipinski definition) is 1. The first-order valence-electron chi connectivity index (χ1n) is 10.7. The van der Waals surface area contributed by atoms with E-state index < -0.39 is 15.1 Å². The number of aryl methyl sites for hydroxylation is 2. The number of fused-ring (bicyclic) bond motifs is 4. The van der Waals surface area contributed by atoms with Crippen LogP contribution in [-0.4, -0.2) is 23.0 Å². The minimum Gasteiger partial charge on any atom is -0.340 e. The second kappa shape index (κ2) is 7.78. The number of rotatable bonds is 4. The highest BCUT2D eigenvalue weighted by Crippen LogP contribution is 2.33. The van der Waals surface area contributed by atoms with Gasteiger partial charge in [-0.15, -0.1) is 3.89 Å². The third-order valence-corrected chi connectivity index (χ3v) is 6.95. The van der Waals surface area contributed by atoms with Crippen LogP contribution in [0, 0.1) is 11.3 Å². The molecule has 1 N–H and O–H groups in total. The molecule has 3 heterocycles. The Morgan fingerprint density at radius 2 is 1.91 bits per heavy atom. The first-order valence-corrected chi connectivity index (χ1v) is 12.1. The standard InChI is InChI=1S/C25H19FN4O3S/c1-3-15-9-20-22(10-19(15)16-8-17(13-28-12-16)34(26,32)33)30(4-2)25-23(24(20)31)18-6-5-14(11-27)7-21(18)29-25/h5-10,12-13,29H,3-4H2,1-2H3. The third kappa shape index (κ3) is 3.26. The molecule has 0 atom stereocenters. The molecule has 0 bridgehead atoms. The number of benzene rings is 2. The number of aromatic amines is 1. The van der Waals surface area contributed by atoms with E-state index >= 15 is 0 Å². The molecule has 34 heavy (non-hydrogen) atoms. The Morgan fingerprint density at radius 1 is 1.12 bits per heavy atom. The number of nitrogens with one attached hydrogen (secondary N) is 1. The lowest BCUT2D eigenvalue weighted by molar-refractivity contribution is 0.551. The molecule has 7 nitrogen and oxygen atoms in total. The fourth-order valence-electron chi connectivity index (χ4n) is 4.57. The Bertz CT molecular complexity index is 1850. The van der Waals surface area contributed by atoms with Crippen LogP contribution in [-0.2, 0) is 23.2 Å². The van der Waals surface area contributed by atoms with Gasteiger partial charge in [0.05, 0.1) is 22.5 Å². The third-order valence-electron chi connectivity index (χ3n) is 6.16. The molecule has 2 aromatic carbocycles. The zero-order chi connectivity index (χ0) is 24.2. The highest BCUT2D eigenvalue weighted by molar-refractivity contribution is 7.86. The van der Waals surface area contributed by atoms with Gasteiger partial charge in [0.1, 0.15) is 10.5 Å². The van der Waals surface area contributed by atoms with E-state index in [2.05, 4.69) is 16.0 Å². The van der Waals surface area contributed by atoms with Crippen molar-refractivity contribution in [1.29, 1.82) is 5.26 Å². The van der Waals surface area contributed by atoms with Gasteiger partial charge in [0.15, 0.2) is 5.43 Å². The van der Waals surface area contributed by atoms with Crippen molar-refractivity contribution in [3.05, 3.63) is 70.1 Å². The van der Waals surface area contributed by atoms with E-state index in [1.165, 1.54) is 12.3 Å². The Morgan fingerprint density at radius 3 is 2.59 bits per heavy atom.